The Labute approximate surface area is 106 Å². The zero-order valence-corrected chi connectivity index (χ0v) is 10.4. The molecule has 1 aliphatic rings. The van der Waals surface area contributed by atoms with E-state index in [1.54, 1.807) is 0 Å². The summed E-state index contributed by atoms with van der Waals surface area (Å²) in [5.74, 6) is -0.574. The molecule has 1 saturated carbocycles. The molecule has 0 aromatic carbocycles. The molecule has 16 heavy (non-hydrogen) atoms. The minimum atomic E-state index is -0.456. The Morgan fingerprint density at radius 1 is 1.31 bits per heavy atom. The summed E-state index contributed by atoms with van der Waals surface area (Å²) in [5.41, 5.74) is 4.91. The van der Waals surface area contributed by atoms with Crippen molar-refractivity contribution >= 4 is 46.4 Å². The third kappa shape index (κ3) is 2.66. The summed E-state index contributed by atoms with van der Waals surface area (Å²) in [6.45, 7) is 0. The van der Waals surface area contributed by atoms with Crippen LogP contribution in [0.5, 0.6) is 0 Å². The fraction of sp³-hybridized carbons (Fsp3) is 0.333. The summed E-state index contributed by atoms with van der Waals surface area (Å²) in [6, 6.07) is 1.47. The van der Waals surface area contributed by atoms with Crippen LogP contribution in [0.1, 0.15) is 23.2 Å². The van der Waals surface area contributed by atoms with Gasteiger partial charge in [-0.25, -0.2) is 0 Å². The number of hydrazine groups is 1. The van der Waals surface area contributed by atoms with Crippen molar-refractivity contribution in [1.29, 1.82) is 0 Å². The topological polar surface area (TPSA) is 58.2 Å². The first-order valence-electron chi connectivity index (χ1n) is 4.63. The van der Waals surface area contributed by atoms with Crippen LogP contribution in [0.3, 0.4) is 0 Å². The molecular formula is C9H8Cl2N2O2S. The Kier molecular flexibility index (Phi) is 3.37. The minimum absolute atomic E-state index is 0.0434. The quantitative estimate of drug-likeness (QED) is 0.815. The van der Waals surface area contributed by atoms with Crippen LogP contribution in [0.2, 0.25) is 8.67 Å². The van der Waals surface area contributed by atoms with Crippen LogP contribution in [0.4, 0.5) is 0 Å². The molecule has 2 rings (SSSR count). The van der Waals surface area contributed by atoms with Gasteiger partial charge in [-0.2, -0.15) is 0 Å². The van der Waals surface area contributed by atoms with Gasteiger partial charge in [-0.05, 0) is 18.9 Å². The molecule has 1 fully saturated rings. The smallest absolute Gasteiger partial charge is 0.272 e. The zero-order valence-electron chi connectivity index (χ0n) is 8.05. The maximum atomic E-state index is 11.6. The molecule has 1 aliphatic carbocycles. The molecule has 0 aliphatic heterocycles. The van der Waals surface area contributed by atoms with E-state index in [1.165, 1.54) is 6.07 Å². The Hall–Kier alpha value is -0.780. The van der Waals surface area contributed by atoms with E-state index in [2.05, 4.69) is 10.9 Å². The summed E-state index contributed by atoms with van der Waals surface area (Å²) < 4.78 is 0.742. The van der Waals surface area contributed by atoms with Crippen LogP contribution in [-0.2, 0) is 4.79 Å². The molecule has 0 unspecified atom stereocenters. The molecule has 2 amide bonds. The van der Waals surface area contributed by atoms with Gasteiger partial charge in [0, 0.05) is 5.92 Å². The van der Waals surface area contributed by atoms with Crippen LogP contribution < -0.4 is 10.9 Å². The first-order valence-corrected chi connectivity index (χ1v) is 6.20. The van der Waals surface area contributed by atoms with Gasteiger partial charge in [-0.3, -0.25) is 20.4 Å². The summed E-state index contributed by atoms with van der Waals surface area (Å²) in [6.07, 6.45) is 1.76. The van der Waals surface area contributed by atoms with E-state index >= 15 is 0 Å². The standard InChI is InChI=1S/C9H8Cl2N2O2S/c10-6-3-5(7(11)16-6)9(15)13-12-8(14)4-1-2-4/h3-4H,1-2H2,(H,12,14)(H,13,15). The van der Waals surface area contributed by atoms with Crippen molar-refractivity contribution in [2.75, 3.05) is 0 Å². The third-order valence-corrected chi connectivity index (χ3v) is 3.64. The van der Waals surface area contributed by atoms with Gasteiger partial charge in [0.05, 0.1) is 9.90 Å². The normalized spacial score (nSPS) is 14.6. The molecule has 0 bridgehead atoms. The second-order valence-corrected chi connectivity index (χ2v) is 5.74. The van der Waals surface area contributed by atoms with Gasteiger partial charge in [-0.15, -0.1) is 11.3 Å². The van der Waals surface area contributed by atoms with Crippen molar-refractivity contribution in [3.05, 3.63) is 20.3 Å². The van der Waals surface area contributed by atoms with Gasteiger partial charge in [0.15, 0.2) is 0 Å². The number of carbonyl (C=O) groups is 2. The van der Waals surface area contributed by atoms with Gasteiger partial charge in [-0.1, -0.05) is 23.2 Å². The molecule has 1 heterocycles. The van der Waals surface area contributed by atoms with Crippen LogP contribution in [0, 0.1) is 5.92 Å². The highest BCUT2D eigenvalue weighted by Gasteiger charge is 2.30. The monoisotopic (exact) mass is 278 g/mol. The van der Waals surface area contributed by atoms with Crippen molar-refractivity contribution in [2.45, 2.75) is 12.8 Å². The average molecular weight is 279 g/mol. The largest absolute Gasteiger partial charge is 0.273 e. The lowest BCUT2D eigenvalue weighted by Crippen LogP contribution is -2.42. The summed E-state index contributed by atoms with van der Waals surface area (Å²) in [4.78, 5) is 22.8. The number of hydrogen-bond donors (Lipinski definition) is 2. The van der Waals surface area contributed by atoms with E-state index in [9.17, 15) is 9.59 Å². The lowest BCUT2D eigenvalue weighted by Gasteiger charge is -2.05. The zero-order chi connectivity index (χ0) is 11.7. The average Bonchev–Trinajstić information content (AvgIpc) is 3.01. The molecule has 0 radical (unpaired) electrons. The Morgan fingerprint density at radius 2 is 2.00 bits per heavy atom. The van der Waals surface area contributed by atoms with Gasteiger partial charge >= 0.3 is 0 Å². The number of amides is 2. The number of rotatable bonds is 2. The van der Waals surface area contributed by atoms with Gasteiger partial charge in [0.25, 0.3) is 5.91 Å². The molecule has 1 aromatic heterocycles. The van der Waals surface area contributed by atoms with Crippen LogP contribution in [0.15, 0.2) is 6.07 Å². The molecule has 4 nitrogen and oxygen atoms in total. The molecule has 1 aromatic rings. The molecule has 7 heteroatoms. The second-order valence-electron chi connectivity index (χ2n) is 3.46. The predicted molar refractivity (Wildman–Crippen MR) is 62.7 cm³/mol. The van der Waals surface area contributed by atoms with Crippen LogP contribution >= 0.6 is 34.5 Å². The summed E-state index contributed by atoms with van der Waals surface area (Å²) in [5, 5.41) is 0. The molecule has 0 spiro atoms. The number of thiophene rings is 1. The van der Waals surface area contributed by atoms with Gasteiger partial charge in [0.2, 0.25) is 5.91 Å². The molecule has 0 saturated heterocycles. The number of halogens is 2. The van der Waals surface area contributed by atoms with Crippen molar-refractivity contribution in [2.24, 2.45) is 5.92 Å². The van der Waals surface area contributed by atoms with Crippen molar-refractivity contribution in [3.63, 3.8) is 0 Å². The lowest BCUT2D eigenvalue weighted by molar-refractivity contribution is -0.123. The molecular weight excluding hydrogens is 271 g/mol. The van der Waals surface area contributed by atoms with E-state index in [4.69, 9.17) is 23.2 Å². The highest BCUT2D eigenvalue weighted by atomic mass is 35.5. The Balaban J connectivity index is 1.92. The van der Waals surface area contributed by atoms with Crippen LogP contribution in [-0.4, -0.2) is 11.8 Å². The van der Waals surface area contributed by atoms with Crippen molar-refractivity contribution in [1.82, 2.24) is 10.9 Å². The van der Waals surface area contributed by atoms with E-state index in [0.717, 1.165) is 24.2 Å². The fourth-order valence-corrected chi connectivity index (χ4v) is 2.59. The fourth-order valence-electron chi connectivity index (χ4n) is 1.13. The highest BCUT2D eigenvalue weighted by molar-refractivity contribution is 7.20. The minimum Gasteiger partial charge on any atom is -0.273 e. The molecule has 86 valence electrons. The Bertz CT molecular complexity index is 443. The van der Waals surface area contributed by atoms with Crippen molar-refractivity contribution < 1.29 is 9.59 Å². The van der Waals surface area contributed by atoms with E-state index in [-0.39, 0.29) is 17.4 Å². The molecule has 2 N–H and O–H groups in total. The second kappa shape index (κ2) is 4.61. The summed E-state index contributed by atoms with van der Waals surface area (Å²) >= 11 is 12.6. The van der Waals surface area contributed by atoms with Crippen LogP contribution in [0.25, 0.3) is 0 Å². The van der Waals surface area contributed by atoms with E-state index < -0.39 is 5.91 Å². The first-order chi connectivity index (χ1) is 7.58. The predicted octanol–water partition coefficient (Wildman–Crippen LogP) is 2.23. The van der Waals surface area contributed by atoms with E-state index in [1.807, 2.05) is 0 Å². The SMILES string of the molecule is O=C(NNC(=O)C1CC1)c1cc(Cl)sc1Cl. The number of carbonyl (C=O) groups excluding carboxylic acids is 2. The number of nitrogens with one attached hydrogen (secondary N) is 2. The lowest BCUT2D eigenvalue weighted by atomic mass is 10.3. The molecule has 0 atom stereocenters. The third-order valence-electron chi connectivity index (χ3n) is 2.15. The maximum absolute atomic E-state index is 11.6. The van der Waals surface area contributed by atoms with Gasteiger partial charge < -0.3 is 0 Å². The van der Waals surface area contributed by atoms with Crippen molar-refractivity contribution in [3.8, 4) is 0 Å². The maximum Gasteiger partial charge on any atom is 0.272 e. The summed E-state index contributed by atoms with van der Waals surface area (Å²) in [7, 11) is 0. The number of hydrogen-bond acceptors (Lipinski definition) is 3. The Morgan fingerprint density at radius 3 is 2.50 bits per heavy atom. The first kappa shape index (κ1) is 11.7. The van der Waals surface area contributed by atoms with Gasteiger partial charge in [0.1, 0.15) is 4.34 Å². The van der Waals surface area contributed by atoms with E-state index in [0.29, 0.717) is 8.67 Å². The highest BCUT2D eigenvalue weighted by Crippen LogP contribution is 2.31.